The average Bonchev–Trinajstić information content (AvgIpc) is 3.59. The maximum Gasteiger partial charge on any atom is 0.134 e. The van der Waals surface area contributed by atoms with Crippen molar-refractivity contribution >= 4 is 11.1 Å². The number of hydrogen-bond acceptors (Lipinski definition) is 1. The molecule has 1 fully saturated rings. The van der Waals surface area contributed by atoms with E-state index in [1.165, 1.54) is 29.6 Å². The van der Waals surface area contributed by atoms with Gasteiger partial charge in [-0.2, -0.15) is 0 Å². The normalized spacial score (nSPS) is 17.8. The van der Waals surface area contributed by atoms with Gasteiger partial charge >= 0.3 is 0 Å². The van der Waals surface area contributed by atoms with Crippen LogP contribution >= 0.6 is 0 Å². The number of ether oxygens (including phenoxy) is 1. The predicted molar refractivity (Wildman–Crippen MR) is 149 cm³/mol. The Balaban J connectivity index is 0. The summed E-state index contributed by atoms with van der Waals surface area (Å²) in [5.41, 5.74) is 4.84. The second kappa shape index (κ2) is 19.6. The number of hydrogen-bond donors (Lipinski definition) is 0. The van der Waals surface area contributed by atoms with Gasteiger partial charge in [0.15, 0.2) is 0 Å². The molecule has 1 aromatic rings. The largest absolute Gasteiger partial charge is 0.495 e. The van der Waals surface area contributed by atoms with Gasteiger partial charge in [0, 0.05) is 11.1 Å². The summed E-state index contributed by atoms with van der Waals surface area (Å²) >= 11 is 0. The first-order valence-electron chi connectivity index (χ1n) is 12.8. The van der Waals surface area contributed by atoms with Gasteiger partial charge in [-0.25, -0.2) is 0 Å². The molecule has 2 atom stereocenters. The van der Waals surface area contributed by atoms with Crippen molar-refractivity contribution in [2.75, 3.05) is 7.11 Å². The fourth-order valence-electron chi connectivity index (χ4n) is 3.07. The van der Waals surface area contributed by atoms with Gasteiger partial charge in [-0.05, 0) is 49.2 Å². The molecule has 1 heteroatoms. The minimum absolute atomic E-state index is 0.745. The fourth-order valence-corrected chi connectivity index (χ4v) is 3.07. The van der Waals surface area contributed by atoms with Gasteiger partial charge in [0.25, 0.3) is 0 Å². The Morgan fingerprint density at radius 1 is 1.03 bits per heavy atom. The van der Waals surface area contributed by atoms with Crippen molar-refractivity contribution in [2.24, 2.45) is 17.8 Å². The second-order valence-electron chi connectivity index (χ2n) is 8.11. The summed E-state index contributed by atoms with van der Waals surface area (Å²) < 4.78 is 5.76. The zero-order chi connectivity index (χ0) is 25.1. The monoisotopic (exact) mass is 440 g/mol. The summed E-state index contributed by atoms with van der Waals surface area (Å²) in [7, 11) is 1.76. The number of para-hydroxylation sites is 1. The number of benzene rings is 1. The van der Waals surface area contributed by atoms with E-state index in [-0.39, 0.29) is 0 Å². The molecule has 182 valence electrons. The highest BCUT2D eigenvalue weighted by Crippen LogP contribution is 2.47. The van der Waals surface area contributed by atoms with E-state index in [0.29, 0.717) is 0 Å². The minimum Gasteiger partial charge on any atom is -0.495 e. The van der Waals surface area contributed by atoms with Gasteiger partial charge in [0.2, 0.25) is 0 Å². The lowest BCUT2D eigenvalue weighted by atomic mass is 9.94. The van der Waals surface area contributed by atoms with E-state index in [1.54, 1.807) is 7.11 Å². The molecule has 3 rings (SSSR count). The van der Waals surface area contributed by atoms with Crippen LogP contribution in [0.4, 0.5) is 0 Å². The van der Waals surface area contributed by atoms with Crippen molar-refractivity contribution in [2.45, 2.75) is 89.0 Å². The number of rotatable bonds is 4. The zero-order valence-corrected chi connectivity index (χ0v) is 23.3. The minimum atomic E-state index is 0.745. The second-order valence-corrected chi connectivity index (χ2v) is 8.11. The Morgan fingerprint density at radius 2 is 1.59 bits per heavy atom. The fraction of sp³-hybridized carbons (Fsp3) is 0.548. The van der Waals surface area contributed by atoms with Gasteiger partial charge in [-0.3, -0.25) is 0 Å². The Labute approximate surface area is 201 Å². The van der Waals surface area contributed by atoms with Crippen molar-refractivity contribution < 1.29 is 4.74 Å². The third-order valence-corrected chi connectivity index (χ3v) is 4.31. The standard InChI is InChI=1S/C20H22O.C4H10.C3H8.2C2H6/c1-4-7-14(5-2)18-8-6-9-19(20(18)21-3)16-11-10-15-12-17(15)13-16;1-4(2)3;1-3-2;2*1-2/h4-11,13,15,17H,12H2,1-3H3;4H,1-3H3;3H2,1-2H3;2*1-2H3/b7-4-,14-5+;;;;. The molecule has 2 unspecified atom stereocenters. The number of methoxy groups -OCH3 is 1. The molecule has 0 bridgehead atoms. The van der Waals surface area contributed by atoms with Crippen LogP contribution in [0.25, 0.3) is 11.1 Å². The van der Waals surface area contributed by atoms with E-state index in [2.05, 4.69) is 96.2 Å². The van der Waals surface area contributed by atoms with E-state index in [0.717, 1.165) is 29.1 Å². The summed E-state index contributed by atoms with van der Waals surface area (Å²) in [5.74, 6) is 3.34. The lowest BCUT2D eigenvalue weighted by Gasteiger charge is -2.16. The summed E-state index contributed by atoms with van der Waals surface area (Å²) in [6, 6.07) is 6.41. The molecule has 0 spiro atoms. The first kappa shape index (κ1) is 32.2. The van der Waals surface area contributed by atoms with E-state index in [4.69, 9.17) is 4.74 Å². The number of allylic oxidation sites excluding steroid dienone is 8. The van der Waals surface area contributed by atoms with Crippen molar-refractivity contribution in [3.8, 4) is 5.75 Å². The van der Waals surface area contributed by atoms with Crippen LogP contribution in [0.2, 0.25) is 0 Å². The lowest BCUT2D eigenvalue weighted by Crippen LogP contribution is -1.97. The van der Waals surface area contributed by atoms with Crippen molar-refractivity contribution in [3.05, 3.63) is 65.8 Å². The van der Waals surface area contributed by atoms with Crippen LogP contribution in [-0.4, -0.2) is 7.11 Å². The first-order chi connectivity index (χ1) is 15.4. The third kappa shape index (κ3) is 11.6. The molecular formula is C31H52O. The molecule has 0 amide bonds. The summed E-state index contributed by atoms with van der Waals surface area (Å²) in [4.78, 5) is 0. The van der Waals surface area contributed by atoms with Gasteiger partial charge < -0.3 is 4.74 Å². The third-order valence-electron chi connectivity index (χ3n) is 4.31. The maximum absolute atomic E-state index is 5.76. The maximum atomic E-state index is 5.76. The lowest BCUT2D eigenvalue weighted by molar-refractivity contribution is 0.412. The van der Waals surface area contributed by atoms with E-state index in [9.17, 15) is 0 Å². The van der Waals surface area contributed by atoms with E-state index < -0.39 is 0 Å². The highest BCUT2D eigenvalue weighted by atomic mass is 16.5. The van der Waals surface area contributed by atoms with Crippen LogP contribution in [0.1, 0.15) is 100 Å². The molecule has 2 aliphatic carbocycles. The van der Waals surface area contributed by atoms with Crippen molar-refractivity contribution in [1.29, 1.82) is 0 Å². The first-order valence-corrected chi connectivity index (χ1v) is 12.8. The van der Waals surface area contributed by atoms with Crippen LogP contribution in [0.3, 0.4) is 0 Å². The summed E-state index contributed by atoms with van der Waals surface area (Å²) in [5, 5.41) is 0. The van der Waals surface area contributed by atoms with Crippen LogP contribution in [-0.2, 0) is 0 Å². The highest BCUT2D eigenvalue weighted by molar-refractivity contribution is 5.86. The molecule has 0 radical (unpaired) electrons. The average molecular weight is 441 g/mol. The van der Waals surface area contributed by atoms with Crippen LogP contribution in [0, 0.1) is 17.8 Å². The van der Waals surface area contributed by atoms with E-state index >= 15 is 0 Å². The Morgan fingerprint density at radius 3 is 2.03 bits per heavy atom. The molecule has 2 aliphatic rings. The van der Waals surface area contributed by atoms with Crippen molar-refractivity contribution in [3.63, 3.8) is 0 Å². The SMILES string of the molecule is C/C=C\C(=C/C)c1cccc(C2=CC3CC3C=C2)c1OC.CC.CC.CC(C)C.CCC. The molecule has 1 saturated carbocycles. The summed E-state index contributed by atoms with van der Waals surface area (Å²) in [6.45, 7) is 22.9. The predicted octanol–water partition coefficient (Wildman–Crippen LogP) is 10.4. The van der Waals surface area contributed by atoms with Crippen LogP contribution < -0.4 is 4.74 Å². The van der Waals surface area contributed by atoms with Gasteiger partial charge in [0.1, 0.15) is 5.75 Å². The molecule has 0 aromatic heterocycles. The van der Waals surface area contributed by atoms with Crippen LogP contribution in [0.15, 0.2) is 54.7 Å². The molecular weight excluding hydrogens is 388 g/mol. The van der Waals surface area contributed by atoms with Gasteiger partial charge in [-0.15, -0.1) is 0 Å². The quantitative estimate of drug-likeness (QED) is 0.423. The number of fused-ring (bicyclic) bond motifs is 1. The van der Waals surface area contributed by atoms with Crippen LogP contribution in [0.5, 0.6) is 5.75 Å². The molecule has 0 aliphatic heterocycles. The smallest absolute Gasteiger partial charge is 0.134 e. The molecule has 1 nitrogen and oxygen atoms in total. The van der Waals surface area contributed by atoms with E-state index in [1.807, 2.05) is 34.6 Å². The molecule has 0 N–H and O–H groups in total. The zero-order valence-electron chi connectivity index (χ0n) is 23.3. The topological polar surface area (TPSA) is 9.23 Å². The molecule has 1 aromatic carbocycles. The van der Waals surface area contributed by atoms with Gasteiger partial charge in [-0.1, -0.05) is 123 Å². The van der Waals surface area contributed by atoms with Crippen molar-refractivity contribution in [1.82, 2.24) is 0 Å². The molecule has 0 saturated heterocycles. The Hall–Kier alpha value is -2.02. The van der Waals surface area contributed by atoms with Gasteiger partial charge in [0.05, 0.1) is 7.11 Å². The highest BCUT2D eigenvalue weighted by Gasteiger charge is 2.35. The summed E-state index contributed by atoms with van der Waals surface area (Å²) in [6.07, 6.45) is 15.9. The Bertz CT molecular complexity index is 713. The molecule has 0 heterocycles. The molecule has 32 heavy (non-hydrogen) atoms. The Kier molecular flexibility index (Phi) is 19.7.